The van der Waals surface area contributed by atoms with Gasteiger partial charge in [-0.15, -0.1) is 15.3 Å². The maximum Gasteiger partial charge on any atom is 0.254 e. The Bertz CT molecular complexity index is 1210. The molecule has 3 heterocycles. The van der Waals surface area contributed by atoms with Crippen molar-refractivity contribution in [2.75, 3.05) is 18.0 Å². The van der Waals surface area contributed by atoms with Gasteiger partial charge in [0.05, 0.1) is 5.56 Å². The SMILES string of the molecule is O=C(NC1CCN(c2ccc3nnc(-c4ccccc4)n3n2)C1)c1ccccc1F. The van der Waals surface area contributed by atoms with Gasteiger partial charge in [0, 0.05) is 24.7 Å². The van der Waals surface area contributed by atoms with Crippen LogP contribution in [0.5, 0.6) is 0 Å². The lowest BCUT2D eigenvalue weighted by molar-refractivity contribution is 0.0936. The van der Waals surface area contributed by atoms with Crippen LogP contribution in [0.1, 0.15) is 16.8 Å². The lowest BCUT2D eigenvalue weighted by Crippen LogP contribution is -2.37. The zero-order valence-corrected chi connectivity index (χ0v) is 16.1. The Balaban J connectivity index is 1.34. The van der Waals surface area contributed by atoms with Gasteiger partial charge >= 0.3 is 0 Å². The summed E-state index contributed by atoms with van der Waals surface area (Å²) in [7, 11) is 0. The van der Waals surface area contributed by atoms with Crippen molar-refractivity contribution in [1.29, 1.82) is 0 Å². The van der Waals surface area contributed by atoms with Gasteiger partial charge in [0.1, 0.15) is 11.6 Å². The third-order valence-corrected chi connectivity index (χ3v) is 5.25. The Kier molecular flexibility index (Phi) is 4.59. The number of amides is 1. The molecule has 1 aliphatic rings. The van der Waals surface area contributed by atoms with Crippen molar-refractivity contribution >= 4 is 17.4 Å². The van der Waals surface area contributed by atoms with E-state index in [-0.39, 0.29) is 11.6 Å². The molecule has 0 spiro atoms. The van der Waals surface area contributed by atoms with E-state index in [0.717, 1.165) is 24.3 Å². The van der Waals surface area contributed by atoms with Gasteiger partial charge in [0.2, 0.25) is 0 Å². The molecule has 1 aliphatic heterocycles. The van der Waals surface area contributed by atoms with Gasteiger partial charge in [0.15, 0.2) is 11.5 Å². The number of fused-ring (bicyclic) bond motifs is 1. The predicted octanol–water partition coefficient (Wildman–Crippen LogP) is 2.94. The fourth-order valence-corrected chi connectivity index (χ4v) is 3.71. The first kappa shape index (κ1) is 18.2. The average molecular weight is 402 g/mol. The van der Waals surface area contributed by atoms with E-state index in [1.54, 1.807) is 16.6 Å². The highest BCUT2D eigenvalue weighted by atomic mass is 19.1. The molecule has 0 saturated carbocycles. The number of nitrogens with zero attached hydrogens (tertiary/aromatic N) is 5. The van der Waals surface area contributed by atoms with Gasteiger partial charge in [0.25, 0.3) is 5.91 Å². The number of aromatic nitrogens is 4. The van der Waals surface area contributed by atoms with E-state index in [1.807, 2.05) is 42.5 Å². The first-order valence-electron chi connectivity index (χ1n) is 9.77. The van der Waals surface area contributed by atoms with E-state index in [0.29, 0.717) is 18.0 Å². The van der Waals surface area contributed by atoms with Gasteiger partial charge in [-0.1, -0.05) is 42.5 Å². The highest BCUT2D eigenvalue weighted by Crippen LogP contribution is 2.22. The molecule has 1 N–H and O–H groups in total. The van der Waals surface area contributed by atoms with Crippen LogP contribution in [0.25, 0.3) is 17.0 Å². The Hall–Kier alpha value is -3.81. The number of carbonyl (C=O) groups excluding carboxylic acids is 1. The van der Waals surface area contributed by atoms with Crippen molar-refractivity contribution in [2.24, 2.45) is 0 Å². The quantitative estimate of drug-likeness (QED) is 0.568. The van der Waals surface area contributed by atoms with Gasteiger partial charge in [-0.05, 0) is 30.7 Å². The Morgan fingerprint density at radius 3 is 2.63 bits per heavy atom. The number of hydrogen-bond donors (Lipinski definition) is 1. The van der Waals surface area contributed by atoms with Gasteiger partial charge in [-0.25, -0.2) is 4.39 Å². The zero-order valence-electron chi connectivity index (χ0n) is 16.1. The van der Waals surface area contributed by atoms with Crippen LogP contribution in [0.15, 0.2) is 66.7 Å². The highest BCUT2D eigenvalue weighted by molar-refractivity contribution is 5.94. The molecule has 1 fully saturated rings. The number of nitrogens with one attached hydrogen (secondary N) is 1. The van der Waals surface area contributed by atoms with Crippen LogP contribution in [0.4, 0.5) is 10.2 Å². The van der Waals surface area contributed by atoms with Gasteiger partial charge < -0.3 is 10.2 Å². The molecule has 150 valence electrons. The van der Waals surface area contributed by atoms with Crippen LogP contribution in [-0.2, 0) is 0 Å². The first-order valence-corrected chi connectivity index (χ1v) is 9.77. The number of anilines is 1. The van der Waals surface area contributed by atoms with Gasteiger partial charge in [-0.3, -0.25) is 4.79 Å². The molecule has 2 aromatic carbocycles. The summed E-state index contributed by atoms with van der Waals surface area (Å²) in [6.45, 7) is 1.34. The summed E-state index contributed by atoms with van der Waals surface area (Å²) in [6.07, 6.45) is 0.758. The average Bonchev–Trinajstić information content (AvgIpc) is 3.41. The molecule has 7 nitrogen and oxygen atoms in total. The number of benzene rings is 2. The largest absolute Gasteiger partial charge is 0.353 e. The van der Waals surface area contributed by atoms with Crippen LogP contribution in [-0.4, -0.2) is 44.8 Å². The molecular weight excluding hydrogens is 383 g/mol. The van der Waals surface area contributed by atoms with Crippen LogP contribution in [0.3, 0.4) is 0 Å². The maximum absolute atomic E-state index is 13.9. The van der Waals surface area contributed by atoms with Crippen LogP contribution < -0.4 is 10.2 Å². The van der Waals surface area contributed by atoms with Crippen molar-refractivity contribution in [3.05, 3.63) is 78.1 Å². The molecule has 0 aliphatic carbocycles. The molecule has 1 unspecified atom stereocenters. The summed E-state index contributed by atoms with van der Waals surface area (Å²) in [5.74, 6) is 0.546. The minimum atomic E-state index is -0.516. The summed E-state index contributed by atoms with van der Waals surface area (Å²) < 4.78 is 15.6. The molecule has 0 radical (unpaired) electrons. The van der Waals surface area contributed by atoms with E-state index < -0.39 is 11.7 Å². The third-order valence-electron chi connectivity index (χ3n) is 5.25. The lowest BCUT2D eigenvalue weighted by Gasteiger charge is -2.18. The van der Waals surface area contributed by atoms with E-state index in [2.05, 4.69) is 20.4 Å². The van der Waals surface area contributed by atoms with Crippen LogP contribution in [0.2, 0.25) is 0 Å². The van der Waals surface area contributed by atoms with Crippen molar-refractivity contribution in [2.45, 2.75) is 12.5 Å². The van der Waals surface area contributed by atoms with Crippen molar-refractivity contribution in [3.63, 3.8) is 0 Å². The molecule has 8 heteroatoms. The highest BCUT2D eigenvalue weighted by Gasteiger charge is 2.26. The summed E-state index contributed by atoms with van der Waals surface area (Å²) in [6, 6.07) is 19.5. The van der Waals surface area contributed by atoms with E-state index in [4.69, 9.17) is 5.10 Å². The summed E-state index contributed by atoms with van der Waals surface area (Å²) in [5, 5.41) is 16.1. The van der Waals surface area contributed by atoms with Crippen molar-refractivity contribution in [1.82, 2.24) is 25.1 Å². The van der Waals surface area contributed by atoms with Crippen molar-refractivity contribution < 1.29 is 9.18 Å². The number of rotatable bonds is 4. The first-order chi connectivity index (χ1) is 14.7. The molecule has 5 rings (SSSR count). The molecule has 4 aromatic rings. The molecule has 1 atom stereocenters. The standard InChI is InChI=1S/C22H19FN6O/c23-18-9-5-4-8-17(18)22(30)24-16-12-13-28(14-16)20-11-10-19-25-26-21(29(19)27-20)15-6-2-1-3-7-15/h1-11,16H,12-14H2,(H,24,30). The zero-order chi connectivity index (χ0) is 20.5. The number of halogens is 1. The number of carbonyl (C=O) groups is 1. The van der Waals surface area contributed by atoms with Gasteiger partial charge in [-0.2, -0.15) is 4.52 Å². The normalized spacial score (nSPS) is 16.2. The predicted molar refractivity (Wildman–Crippen MR) is 111 cm³/mol. The molecule has 2 aromatic heterocycles. The second-order valence-corrected chi connectivity index (χ2v) is 7.24. The monoisotopic (exact) mass is 402 g/mol. The summed E-state index contributed by atoms with van der Waals surface area (Å²) >= 11 is 0. The molecule has 1 amide bonds. The van der Waals surface area contributed by atoms with Crippen molar-refractivity contribution in [3.8, 4) is 11.4 Å². The summed E-state index contributed by atoms with van der Waals surface area (Å²) in [4.78, 5) is 14.5. The minimum Gasteiger partial charge on any atom is -0.353 e. The van der Waals surface area contributed by atoms with Crippen LogP contribution >= 0.6 is 0 Å². The van der Waals surface area contributed by atoms with E-state index >= 15 is 0 Å². The molecule has 0 bridgehead atoms. The fourth-order valence-electron chi connectivity index (χ4n) is 3.71. The molecule has 1 saturated heterocycles. The second kappa shape index (κ2) is 7.55. The Morgan fingerprint density at radius 2 is 1.80 bits per heavy atom. The summed E-state index contributed by atoms with van der Waals surface area (Å²) in [5.41, 5.74) is 1.67. The lowest BCUT2D eigenvalue weighted by atomic mass is 10.1. The van der Waals surface area contributed by atoms with Crippen LogP contribution in [0, 0.1) is 5.82 Å². The smallest absolute Gasteiger partial charge is 0.254 e. The minimum absolute atomic E-state index is 0.0625. The second-order valence-electron chi connectivity index (χ2n) is 7.24. The van der Waals surface area contributed by atoms with E-state index in [9.17, 15) is 9.18 Å². The fraction of sp³-hybridized carbons (Fsp3) is 0.182. The third kappa shape index (κ3) is 3.36. The Labute approximate surface area is 172 Å². The maximum atomic E-state index is 13.9. The number of hydrogen-bond acceptors (Lipinski definition) is 5. The van der Waals surface area contributed by atoms with E-state index in [1.165, 1.54) is 12.1 Å². The Morgan fingerprint density at radius 1 is 1.00 bits per heavy atom. The molecule has 30 heavy (non-hydrogen) atoms. The topological polar surface area (TPSA) is 75.4 Å². The molecular formula is C22H19FN6O.